The van der Waals surface area contributed by atoms with Crippen molar-refractivity contribution in [2.45, 2.75) is 49.9 Å². The lowest BCUT2D eigenvalue weighted by atomic mass is 9.92. The third kappa shape index (κ3) is 3.86. The fraction of sp³-hybridized carbons (Fsp3) is 1.00. The van der Waals surface area contributed by atoms with E-state index < -0.39 is 24.1 Å². The van der Waals surface area contributed by atoms with Gasteiger partial charge in [0.25, 0.3) is 0 Å². The van der Waals surface area contributed by atoms with E-state index in [1.807, 2.05) is 0 Å². The quantitative estimate of drug-likeness (QED) is 0.294. The Balaban J connectivity index is 2.48. The van der Waals surface area contributed by atoms with Crippen molar-refractivity contribution in [2.24, 2.45) is 0 Å². The second-order valence-electron chi connectivity index (χ2n) is 4.80. The summed E-state index contributed by atoms with van der Waals surface area (Å²) < 4.78 is 5.04. The minimum atomic E-state index is -1.87. The predicted molar refractivity (Wildman–Crippen MR) is 62.7 cm³/mol. The molecule has 0 aliphatic carbocycles. The van der Waals surface area contributed by atoms with Crippen LogP contribution in [0, 0.1) is 0 Å². The second-order valence-corrected chi connectivity index (χ2v) is 4.80. The molecule has 1 rings (SSSR count). The van der Waals surface area contributed by atoms with Crippen molar-refractivity contribution in [1.82, 2.24) is 5.32 Å². The Morgan fingerprint density at radius 1 is 1.39 bits per heavy atom. The van der Waals surface area contributed by atoms with Crippen molar-refractivity contribution in [3.05, 3.63) is 0 Å². The highest BCUT2D eigenvalue weighted by Crippen LogP contribution is 2.28. The van der Waals surface area contributed by atoms with Gasteiger partial charge in [0.05, 0.1) is 6.61 Å². The highest BCUT2D eigenvalue weighted by atomic mass is 16.6. The first-order chi connectivity index (χ1) is 8.40. The Bertz CT molecular complexity index is 254. The molecule has 0 radical (unpaired) electrons. The lowest BCUT2D eigenvalue weighted by molar-refractivity contribution is -0.324. The van der Waals surface area contributed by atoms with Crippen LogP contribution in [0.25, 0.3) is 0 Å². The third-order valence-electron chi connectivity index (χ3n) is 3.11. The van der Waals surface area contributed by atoms with Gasteiger partial charge >= 0.3 is 0 Å². The zero-order chi connectivity index (χ0) is 13.8. The van der Waals surface area contributed by atoms with Crippen molar-refractivity contribution < 1.29 is 30.3 Å². The summed E-state index contributed by atoms with van der Waals surface area (Å²) in [6.45, 7) is 2.23. The Hall–Kier alpha value is -0.280. The SMILES string of the molecule is CC(C[C@]1(O)OC[C@@H](O)[C@H](O)[C@H]1O)NCCCO. The van der Waals surface area contributed by atoms with E-state index in [9.17, 15) is 20.4 Å². The molecule has 7 nitrogen and oxygen atoms in total. The maximum atomic E-state index is 10.1. The summed E-state index contributed by atoms with van der Waals surface area (Å²) in [5.74, 6) is -1.87. The smallest absolute Gasteiger partial charge is 0.196 e. The summed E-state index contributed by atoms with van der Waals surface area (Å²) >= 11 is 0. The normalized spacial score (nSPS) is 38.7. The molecule has 1 unspecified atom stereocenters. The van der Waals surface area contributed by atoms with Gasteiger partial charge in [0.2, 0.25) is 0 Å². The van der Waals surface area contributed by atoms with Crippen molar-refractivity contribution in [3.8, 4) is 0 Å². The van der Waals surface area contributed by atoms with Crippen LogP contribution >= 0.6 is 0 Å². The van der Waals surface area contributed by atoms with E-state index in [2.05, 4.69) is 5.32 Å². The fourth-order valence-corrected chi connectivity index (χ4v) is 2.01. The van der Waals surface area contributed by atoms with Crippen LogP contribution in [0.2, 0.25) is 0 Å². The average Bonchev–Trinajstić information content (AvgIpc) is 2.32. The van der Waals surface area contributed by atoms with Gasteiger partial charge in [-0.2, -0.15) is 0 Å². The van der Waals surface area contributed by atoms with Crippen LogP contribution < -0.4 is 5.32 Å². The molecule has 1 aliphatic heterocycles. The van der Waals surface area contributed by atoms with Crippen LogP contribution in [0.4, 0.5) is 0 Å². The van der Waals surface area contributed by atoms with Gasteiger partial charge in [0, 0.05) is 19.1 Å². The van der Waals surface area contributed by atoms with Crippen molar-refractivity contribution in [3.63, 3.8) is 0 Å². The van der Waals surface area contributed by atoms with Gasteiger partial charge in [-0.3, -0.25) is 0 Å². The van der Waals surface area contributed by atoms with Gasteiger partial charge in [-0.25, -0.2) is 0 Å². The number of hydrogen-bond acceptors (Lipinski definition) is 7. The largest absolute Gasteiger partial charge is 0.396 e. The molecule has 108 valence electrons. The van der Waals surface area contributed by atoms with E-state index in [1.54, 1.807) is 6.92 Å². The first-order valence-corrected chi connectivity index (χ1v) is 6.15. The van der Waals surface area contributed by atoms with Crippen molar-refractivity contribution in [2.75, 3.05) is 19.8 Å². The standard InChI is InChI=1S/C11H23NO6/c1-7(12-3-2-4-13)5-11(17)10(16)9(15)8(14)6-18-11/h7-10,12-17H,2-6H2,1H3/t7?,8-,9+,10-,11+/m1/s1. The van der Waals surface area contributed by atoms with Gasteiger partial charge in [0.1, 0.15) is 18.3 Å². The minimum absolute atomic E-state index is 0.0728. The maximum absolute atomic E-state index is 10.1. The molecule has 0 bridgehead atoms. The molecular weight excluding hydrogens is 242 g/mol. The Labute approximate surface area is 106 Å². The summed E-state index contributed by atoms with van der Waals surface area (Å²) in [5, 5.41) is 50.4. The summed E-state index contributed by atoms with van der Waals surface area (Å²) in [6, 6.07) is -0.168. The number of rotatable bonds is 6. The van der Waals surface area contributed by atoms with Gasteiger partial charge in [-0.15, -0.1) is 0 Å². The van der Waals surface area contributed by atoms with Crippen LogP contribution in [0.15, 0.2) is 0 Å². The van der Waals surface area contributed by atoms with E-state index in [-0.39, 0.29) is 25.7 Å². The zero-order valence-electron chi connectivity index (χ0n) is 10.5. The zero-order valence-corrected chi connectivity index (χ0v) is 10.5. The first kappa shape index (κ1) is 15.8. The van der Waals surface area contributed by atoms with E-state index >= 15 is 0 Å². The molecule has 1 heterocycles. The number of nitrogens with one attached hydrogen (secondary N) is 1. The van der Waals surface area contributed by atoms with Crippen LogP contribution in [-0.2, 0) is 4.74 Å². The highest BCUT2D eigenvalue weighted by Gasteiger charge is 2.48. The fourth-order valence-electron chi connectivity index (χ4n) is 2.01. The van der Waals surface area contributed by atoms with Crippen LogP contribution in [0.1, 0.15) is 19.8 Å². The molecule has 0 saturated carbocycles. The second kappa shape index (κ2) is 6.76. The topological polar surface area (TPSA) is 122 Å². The predicted octanol–water partition coefficient (Wildman–Crippen LogP) is -2.46. The van der Waals surface area contributed by atoms with Crippen LogP contribution in [0.5, 0.6) is 0 Å². The molecular formula is C11H23NO6. The lowest BCUT2D eigenvalue weighted by Crippen LogP contribution is -2.62. The highest BCUT2D eigenvalue weighted by molar-refractivity contribution is 4.93. The van der Waals surface area contributed by atoms with E-state index in [4.69, 9.17) is 9.84 Å². The Morgan fingerprint density at radius 2 is 2.06 bits per heavy atom. The molecule has 0 aromatic rings. The molecule has 0 aromatic carbocycles. The number of aliphatic hydroxyl groups is 5. The maximum Gasteiger partial charge on any atom is 0.196 e. The summed E-state index contributed by atoms with van der Waals surface area (Å²) in [6.07, 6.45) is -3.51. The van der Waals surface area contributed by atoms with Crippen molar-refractivity contribution in [1.29, 1.82) is 0 Å². The minimum Gasteiger partial charge on any atom is -0.396 e. The molecule has 6 N–H and O–H groups in total. The molecule has 0 aromatic heterocycles. The average molecular weight is 265 g/mol. The number of aliphatic hydroxyl groups excluding tert-OH is 4. The molecule has 1 aliphatic rings. The molecule has 7 heteroatoms. The Morgan fingerprint density at radius 3 is 2.67 bits per heavy atom. The molecule has 1 saturated heterocycles. The third-order valence-corrected chi connectivity index (χ3v) is 3.11. The van der Waals surface area contributed by atoms with E-state index in [0.717, 1.165) is 0 Å². The monoisotopic (exact) mass is 265 g/mol. The van der Waals surface area contributed by atoms with E-state index in [0.29, 0.717) is 13.0 Å². The van der Waals surface area contributed by atoms with Gasteiger partial charge < -0.3 is 35.6 Å². The summed E-state index contributed by atoms with van der Waals surface area (Å²) in [5.41, 5.74) is 0. The van der Waals surface area contributed by atoms with Gasteiger partial charge in [-0.05, 0) is 19.9 Å². The summed E-state index contributed by atoms with van der Waals surface area (Å²) in [4.78, 5) is 0. The van der Waals surface area contributed by atoms with Crippen LogP contribution in [-0.4, -0.2) is 75.4 Å². The van der Waals surface area contributed by atoms with Gasteiger partial charge in [-0.1, -0.05) is 0 Å². The van der Waals surface area contributed by atoms with Gasteiger partial charge in [0.15, 0.2) is 5.79 Å². The lowest BCUT2D eigenvalue weighted by Gasteiger charge is -2.42. The molecule has 5 atom stereocenters. The van der Waals surface area contributed by atoms with Crippen LogP contribution in [0.3, 0.4) is 0 Å². The van der Waals surface area contributed by atoms with Crippen molar-refractivity contribution >= 4 is 0 Å². The molecule has 0 amide bonds. The molecule has 18 heavy (non-hydrogen) atoms. The molecule has 1 fully saturated rings. The van der Waals surface area contributed by atoms with E-state index in [1.165, 1.54) is 0 Å². The Kier molecular flexibility index (Phi) is 5.93. The first-order valence-electron chi connectivity index (χ1n) is 6.15. The number of hydrogen-bond donors (Lipinski definition) is 6. The molecule has 0 spiro atoms. The number of ether oxygens (including phenoxy) is 1. The summed E-state index contributed by atoms with van der Waals surface area (Å²) in [7, 11) is 0.